The summed E-state index contributed by atoms with van der Waals surface area (Å²) in [5.74, 6) is -0.152. The molecule has 1 heterocycles. The first-order chi connectivity index (χ1) is 9.29. The van der Waals surface area contributed by atoms with Gasteiger partial charge in [0.15, 0.2) is 12.0 Å². The first-order valence-electron chi connectivity index (χ1n) is 6.11. The Hall–Kier alpha value is -2.38. The molecule has 0 aromatic carbocycles. The van der Waals surface area contributed by atoms with Gasteiger partial charge in [0.1, 0.15) is 5.60 Å². The van der Waals surface area contributed by atoms with Crippen molar-refractivity contribution < 1.29 is 14.5 Å². The quantitative estimate of drug-likeness (QED) is 0.489. The lowest BCUT2D eigenvalue weighted by atomic mass is 10.2. The van der Waals surface area contributed by atoms with Crippen LogP contribution in [0.1, 0.15) is 32.9 Å². The van der Waals surface area contributed by atoms with Crippen LogP contribution in [0.4, 0.5) is 10.6 Å². The monoisotopic (exact) mass is 282 g/mol. The predicted molar refractivity (Wildman–Crippen MR) is 73.1 cm³/mol. The maximum Gasteiger partial charge on any atom is 0.407 e. The maximum absolute atomic E-state index is 11.3. The molecular formula is C12H18N4O4. The van der Waals surface area contributed by atoms with Gasteiger partial charge in [-0.25, -0.2) is 14.8 Å². The molecule has 8 heteroatoms. The van der Waals surface area contributed by atoms with Gasteiger partial charge in [0.05, 0.1) is 0 Å². The highest BCUT2D eigenvalue weighted by molar-refractivity contribution is 5.67. The number of alkyl carbamates (subject to hydrolysis) is 1. The van der Waals surface area contributed by atoms with Crippen molar-refractivity contribution in [2.24, 2.45) is 0 Å². The van der Waals surface area contributed by atoms with Gasteiger partial charge in [0.2, 0.25) is 0 Å². The van der Waals surface area contributed by atoms with Crippen molar-refractivity contribution in [3.05, 3.63) is 28.2 Å². The summed E-state index contributed by atoms with van der Waals surface area (Å²) in [7, 11) is 0. The Labute approximate surface area is 116 Å². The van der Waals surface area contributed by atoms with Crippen molar-refractivity contribution in [2.45, 2.75) is 32.8 Å². The Bertz CT molecular complexity index is 502. The number of aromatic amines is 1. The van der Waals surface area contributed by atoms with Gasteiger partial charge >= 0.3 is 11.9 Å². The van der Waals surface area contributed by atoms with Crippen molar-refractivity contribution in [2.75, 3.05) is 6.54 Å². The van der Waals surface area contributed by atoms with Crippen LogP contribution in [0.2, 0.25) is 0 Å². The number of aromatic nitrogens is 2. The van der Waals surface area contributed by atoms with E-state index in [0.29, 0.717) is 13.0 Å². The summed E-state index contributed by atoms with van der Waals surface area (Å²) >= 11 is 0. The fraction of sp³-hybridized carbons (Fsp3) is 0.500. The number of hydrogen-bond donors (Lipinski definition) is 2. The number of carbonyl (C=O) groups is 1. The molecule has 20 heavy (non-hydrogen) atoms. The highest BCUT2D eigenvalue weighted by atomic mass is 16.6. The summed E-state index contributed by atoms with van der Waals surface area (Å²) in [6.07, 6.45) is 4.52. The Morgan fingerprint density at radius 1 is 1.60 bits per heavy atom. The number of nitrogens with zero attached hydrogens (tertiary/aromatic N) is 2. The number of nitrogens with one attached hydrogen (secondary N) is 2. The van der Waals surface area contributed by atoms with Crippen LogP contribution in [0.3, 0.4) is 0 Å². The molecule has 2 N–H and O–H groups in total. The van der Waals surface area contributed by atoms with Gasteiger partial charge < -0.3 is 20.2 Å². The first-order valence-corrected chi connectivity index (χ1v) is 6.11. The molecule has 0 aliphatic rings. The number of amides is 1. The molecule has 0 unspecified atom stereocenters. The zero-order valence-corrected chi connectivity index (χ0v) is 11.7. The lowest BCUT2D eigenvalue weighted by Gasteiger charge is -2.19. The Morgan fingerprint density at radius 3 is 2.90 bits per heavy atom. The molecule has 110 valence electrons. The number of ether oxygens (including phenoxy) is 1. The van der Waals surface area contributed by atoms with E-state index < -0.39 is 16.6 Å². The normalized spacial score (nSPS) is 11.6. The summed E-state index contributed by atoms with van der Waals surface area (Å²) in [6.45, 7) is 5.72. The highest BCUT2D eigenvalue weighted by Crippen LogP contribution is 2.13. The molecule has 0 radical (unpaired) electrons. The molecule has 1 amide bonds. The third-order valence-corrected chi connectivity index (χ3v) is 2.09. The van der Waals surface area contributed by atoms with Crippen LogP contribution in [0.5, 0.6) is 0 Å². The van der Waals surface area contributed by atoms with Crippen LogP contribution < -0.4 is 5.32 Å². The standard InChI is InChI=1S/C12H18N4O4/c1-12(2,3)20-11(17)13-7-5-4-6-9-10(16(18)19)15-8-14-9/h4,6,8H,5,7H2,1-3H3,(H,13,17)(H,14,15). The lowest BCUT2D eigenvalue weighted by Crippen LogP contribution is -2.32. The Morgan fingerprint density at radius 2 is 2.30 bits per heavy atom. The van der Waals surface area contributed by atoms with Gasteiger partial charge in [-0.3, -0.25) is 0 Å². The van der Waals surface area contributed by atoms with Gasteiger partial charge in [0, 0.05) is 6.54 Å². The lowest BCUT2D eigenvalue weighted by molar-refractivity contribution is -0.389. The largest absolute Gasteiger partial charge is 0.444 e. The Kier molecular flexibility index (Phi) is 5.24. The summed E-state index contributed by atoms with van der Waals surface area (Å²) < 4.78 is 5.06. The molecule has 0 spiro atoms. The van der Waals surface area contributed by atoms with E-state index in [0.717, 1.165) is 0 Å². The van der Waals surface area contributed by atoms with Crippen LogP contribution in [0.25, 0.3) is 6.08 Å². The van der Waals surface area contributed by atoms with Crippen LogP contribution in [-0.2, 0) is 4.74 Å². The highest BCUT2D eigenvalue weighted by Gasteiger charge is 2.15. The van der Waals surface area contributed by atoms with Crippen LogP contribution >= 0.6 is 0 Å². The molecule has 0 fully saturated rings. The molecule has 1 aromatic rings. The van der Waals surface area contributed by atoms with E-state index in [1.807, 2.05) is 0 Å². The number of H-pyrrole nitrogens is 1. The number of nitro groups is 1. The minimum absolute atomic E-state index is 0.152. The molecule has 1 rings (SSSR count). The molecule has 0 atom stereocenters. The van der Waals surface area contributed by atoms with Crippen LogP contribution in [0, 0.1) is 10.1 Å². The van der Waals surface area contributed by atoms with Gasteiger partial charge in [-0.2, -0.15) is 0 Å². The molecule has 0 saturated carbocycles. The number of rotatable bonds is 5. The third kappa shape index (κ3) is 5.51. The summed E-state index contributed by atoms with van der Waals surface area (Å²) in [5.41, 5.74) is -0.275. The van der Waals surface area contributed by atoms with E-state index in [-0.39, 0.29) is 11.5 Å². The van der Waals surface area contributed by atoms with Crippen molar-refractivity contribution in [3.63, 3.8) is 0 Å². The van der Waals surface area contributed by atoms with Gasteiger partial charge in [0.25, 0.3) is 0 Å². The number of hydrogen-bond acceptors (Lipinski definition) is 5. The van der Waals surface area contributed by atoms with Crippen molar-refractivity contribution in [3.8, 4) is 0 Å². The zero-order valence-electron chi connectivity index (χ0n) is 11.7. The second-order valence-corrected chi connectivity index (χ2v) is 5.01. The summed E-state index contributed by atoms with van der Waals surface area (Å²) in [5, 5.41) is 13.2. The van der Waals surface area contributed by atoms with Gasteiger partial charge in [-0.1, -0.05) is 6.08 Å². The average molecular weight is 282 g/mol. The smallest absolute Gasteiger partial charge is 0.407 e. The van der Waals surface area contributed by atoms with E-state index in [1.54, 1.807) is 26.8 Å². The fourth-order valence-electron chi connectivity index (χ4n) is 1.33. The van der Waals surface area contributed by atoms with E-state index >= 15 is 0 Å². The van der Waals surface area contributed by atoms with Crippen LogP contribution in [0.15, 0.2) is 12.4 Å². The minimum Gasteiger partial charge on any atom is -0.444 e. The van der Waals surface area contributed by atoms with E-state index in [9.17, 15) is 14.9 Å². The van der Waals surface area contributed by atoms with Gasteiger partial charge in [-0.15, -0.1) is 0 Å². The maximum atomic E-state index is 11.3. The van der Waals surface area contributed by atoms with Crippen molar-refractivity contribution >= 4 is 18.0 Å². The second kappa shape index (κ2) is 6.69. The number of carbonyl (C=O) groups excluding carboxylic acids is 1. The van der Waals surface area contributed by atoms with E-state index in [2.05, 4.69) is 15.3 Å². The van der Waals surface area contributed by atoms with E-state index in [4.69, 9.17) is 4.74 Å². The van der Waals surface area contributed by atoms with Crippen molar-refractivity contribution in [1.29, 1.82) is 0 Å². The molecule has 0 aliphatic heterocycles. The van der Waals surface area contributed by atoms with E-state index in [1.165, 1.54) is 12.4 Å². The molecular weight excluding hydrogens is 264 g/mol. The summed E-state index contributed by atoms with van der Waals surface area (Å²) in [6, 6.07) is 0. The SMILES string of the molecule is CC(C)(C)OC(=O)NCCC=Cc1nc[nH]c1[N+](=O)[O-]. The second-order valence-electron chi connectivity index (χ2n) is 5.01. The zero-order chi connectivity index (χ0) is 15.2. The minimum atomic E-state index is -0.536. The summed E-state index contributed by atoms with van der Waals surface area (Å²) in [4.78, 5) is 27.7. The Balaban J connectivity index is 2.34. The third-order valence-electron chi connectivity index (χ3n) is 2.09. The van der Waals surface area contributed by atoms with Crippen LogP contribution in [-0.4, -0.2) is 33.1 Å². The molecule has 0 bridgehead atoms. The molecule has 8 nitrogen and oxygen atoms in total. The predicted octanol–water partition coefficient (Wildman–Crippen LogP) is 2.25. The fourth-order valence-corrected chi connectivity index (χ4v) is 1.33. The molecule has 0 saturated heterocycles. The topological polar surface area (TPSA) is 110 Å². The molecule has 0 aliphatic carbocycles. The van der Waals surface area contributed by atoms with Gasteiger partial charge in [-0.05, 0) is 38.2 Å². The van der Waals surface area contributed by atoms with Crippen molar-refractivity contribution in [1.82, 2.24) is 15.3 Å². The first kappa shape index (κ1) is 15.7. The number of imidazole rings is 1. The average Bonchev–Trinajstić information content (AvgIpc) is 2.74. The molecule has 1 aromatic heterocycles.